The van der Waals surface area contributed by atoms with E-state index in [9.17, 15) is 4.79 Å². The molecule has 0 spiro atoms. The third-order valence-corrected chi connectivity index (χ3v) is 2.47. The molecule has 0 aromatic rings. The molecule has 1 aliphatic heterocycles. The average Bonchev–Trinajstić information content (AvgIpc) is 2.04. The molecular formula is C9H17NO. The summed E-state index contributed by atoms with van der Waals surface area (Å²) in [5.41, 5.74) is 0. The van der Waals surface area contributed by atoms with Crippen molar-refractivity contribution in [3.8, 4) is 0 Å². The molecule has 0 aliphatic carbocycles. The molecule has 1 fully saturated rings. The zero-order valence-electron chi connectivity index (χ0n) is 7.47. The number of ketones is 1. The molecule has 2 nitrogen and oxygen atoms in total. The molecule has 0 aromatic heterocycles. The minimum Gasteiger partial charge on any atom is -0.298 e. The van der Waals surface area contributed by atoms with Crippen molar-refractivity contribution >= 4 is 5.78 Å². The molecule has 0 saturated carbocycles. The maximum Gasteiger partial charge on any atom is 0.150 e. The van der Waals surface area contributed by atoms with Crippen molar-refractivity contribution in [2.24, 2.45) is 0 Å². The van der Waals surface area contributed by atoms with Crippen LogP contribution in [0.2, 0.25) is 0 Å². The van der Waals surface area contributed by atoms with E-state index < -0.39 is 0 Å². The summed E-state index contributed by atoms with van der Waals surface area (Å²) in [4.78, 5) is 13.6. The van der Waals surface area contributed by atoms with Crippen LogP contribution in [-0.2, 0) is 4.79 Å². The van der Waals surface area contributed by atoms with Gasteiger partial charge in [0.25, 0.3) is 0 Å². The first-order valence-corrected chi connectivity index (χ1v) is 4.56. The summed E-state index contributed by atoms with van der Waals surface area (Å²) in [5.74, 6) is 0.445. The number of carbonyl (C=O) groups excluding carboxylic acids is 1. The summed E-state index contributed by atoms with van der Waals surface area (Å²) in [5, 5.41) is 0. The van der Waals surface area contributed by atoms with Crippen molar-refractivity contribution in [2.75, 3.05) is 13.1 Å². The maximum absolute atomic E-state index is 11.4. The lowest BCUT2D eigenvalue weighted by Gasteiger charge is -2.32. The molecule has 64 valence electrons. The van der Waals surface area contributed by atoms with E-state index in [1.807, 2.05) is 0 Å². The molecule has 0 unspecified atom stereocenters. The Bertz CT molecular complexity index is 144. The van der Waals surface area contributed by atoms with Crippen molar-refractivity contribution < 1.29 is 4.79 Å². The second-order valence-electron chi connectivity index (χ2n) is 3.12. The van der Waals surface area contributed by atoms with Crippen LogP contribution in [0, 0.1) is 0 Å². The summed E-state index contributed by atoms with van der Waals surface area (Å²) in [7, 11) is 0. The van der Waals surface area contributed by atoms with E-state index in [0.717, 1.165) is 32.4 Å². The van der Waals surface area contributed by atoms with E-state index in [0.29, 0.717) is 5.78 Å². The number of hydrogen-bond donors (Lipinski definition) is 0. The van der Waals surface area contributed by atoms with E-state index in [4.69, 9.17) is 0 Å². The molecule has 1 heterocycles. The van der Waals surface area contributed by atoms with Crippen LogP contribution in [0.4, 0.5) is 0 Å². The second-order valence-corrected chi connectivity index (χ2v) is 3.12. The standard InChI is InChI=1S/C9H17NO/c1-3-8-9(11)6-5-7-10(8)4-2/h8H,3-7H2,1-2H3/t8-/m0/s1. The zero-order valence-corrected chi connectivity index (χ0v) is 7.47. The van der Waals surface area contributed by atoms with Gasteiger partial charge in [0, 0.05) is 6.42 Å². The summed E-state index contributed by atoms with van der Waals surface area (Å²) >= 11 is 0. The lowest BCUT2D eigenvalue weighted by Crippen LogP contribution is -2.44. The Morgan fingerprint density at radius 1 is 1.55 bits per heavy atom. The Morgan fingerprint density at radius 2 is 2.27 bits per heavy atom. The summed E-state index contributed by atoms with van der Waals surface area (Å²) in [6.07, 6.45) is 2.84. The normalized spacial score (nSPS) is 27.5. The largest absolute Gasteiger partial charge is 0.298 e. The number of hydrogen-bond acceptors (Lipinski definition) is 2. The van der Waals surface area contributed by atoms with Gasteiger partial charge >= 0.3 is 0 Å². The Balaban J connectivity index is 2.56. The summed E-state index contributed by atoms with van der Waals surface area (Å²) < 4.78 is 0. The Hall–Kier alpha value is -0.370. The Labute approximate surface area is 68.6 Å². The predicted octanol–water partition coefficient (Wildman–Crippen LogP) is 1.45. The molecule has 2 heteroatoms. The van der Waals surface area contributed by atoms with Gasteiger partial charge in [-0.25, -0.2) is 0 Å². The molecule has 0 bridgehead atoms. The highest BCUT2D eigenvalue weighted by Gasteiger charge is 2.26. The smallest absolute Gasteiger partial charge is 0.150 e. The summed E-state index contributed by atoms with van der Waals surface area (Å²) in [6.45, 7) is 6.35. The molecule has 0 amide bonds. The number of nitrogens with zero attached hydrogens (tertiary/aromatic N) is 1. The monoisotopic (exact) mass is 155 g/mol. The van der Waals surface area contributed by atoms with Crippen LogP contribution in [0.5, 0.6) is 0 Å². The van der Waals surface area contributed by atoms with Gasteiger partial charge in [0.1, 0.15) is 5.78 Å². The molecule has 0 radical (unpaired) electrons. The van der Waals surface area contributed by atoms with Crippen LogP contribution in [-0.4, -0.2) is 29.8 Å². The highest BCUT2D eigenvalue weighted by molar-refractivity contribution is 5.84. The molecule has 1 atom stereocenters. The first-order valence-electron chi connectivity index (χ1n) is 4.56. The molecule has 1 aliphatic rings. The number of rotatable bonds is 2. The number of carbonyl (C=O) groups is 1. The first-order chi connectivity index (χ1) is 5.29. The first kappa shape index (κ1) is 8.72. The Morgan fingerprint density at radius 3 is 2.73 bits per heavy atom. The minimum atomic E-state index is 0.230. The Kier molecular flexibility index (Phi) is 3.06. The van der Waals surface area contributed by atoms with E-state index >= 15 is 0 Å². The number of likely N-dealkylation sites (N-methyl/N-ethyl adjacent to an activating group) is 1. The molecule has 0 aromatic carbocycles. The van der Waals surface area contributed by atoms with Crippen LogP contribution in [0.3, 0.4) is 0 Å². The quantitative estimate of drug-likeness (QED) is 0.601. The predicted molar refractivity (Wildman–Crippen MR) is 45.6 cm³/mol. The third-order valence-electron chi connectivity index (χ3n) is 2.47. The van der Waals surface area contributed by atoms with Gasteiger partial charge in [-0.15, -0.1) is 0 Å². The van der Waals surface area contributed by atoms with Gasteiger partial charge in [-0.1, -0.05) is 13.8 Å². The highest BCUT2D eigenvalue weighted by Crippen LogP contribution is 2.15. The summed E-state index contributed by atoms with van der Waals surface area (Å²) in [6, 6.07) is 0.230. The van der Waals surface area contributed by atoms with Crippen LogP contribution >= 0.6 is 0 Å². The average molecular weight is 155 g/mol. The van der Waals surface area contributed by atoms with E-state index in [-0.39, 0.29) is 6.04 Å². The van der Waals surface area contributed by atoms with Gasteiger partial charge in [0.15, 0.2) is 0 Å². The fraction of sp³-hybridized carbons (Fsp3) is 0.889. The van der Waals surface area contributed by atoms with Gasteiger partial charge in [0.2, 0.25) is 0 Å². The number of piperidine rings is 1. The van der Waals surface area contributed by atoms with Crippen LogP contribution < -0.4 is 0 Å². The van der Waals surface area contributed by atoms with Crippen LogP contribution in [0.15, 0.2) is 0 Å². The van der Waals surface area contributed by atoms with E-state index in [1.165, 1.54) is 0 Å². The van der Waals surface area contributed by atoms with E-state index in [2.05, 4.69) is 18.7 Å². The van der Waals surface area contributed by atoms with Crippen molar-refractivity contribution in [3.63, 3.8) is 0 Å². The fourth-order valence-corrected chi connectivity index (χ4v) is 1.85. The molecule has 0 N–H and O–H groups in total. The SMILES string of the molecule is CC[C@H]1C(=O)CCCN1CC. The minimum absolute atomic E-state index is 0.230. The van der Waals surface area contributed by atoms with Crippen molar-refractivity contribution in [3.05, 3.63) is 0 Å². The topological polar surface area (TPSA) is 20.3 Å². The number of Topliss-reactive ketones (excluding diaryl/α,β-unsaturated/α-hetero) is 1. The maximum atomic E-state index is 11.4. The zero-order chi connectivity index (χ0) is 8.27. The molecule has 1 rings (SSSR count). The van der Waals surface area contributed by atoms with Gasteiger partial charge in [0.05, 0.1) is 6.04 Å². The van der Waals surface area contributed by atoms with Crippen LogP contribution in [0.1, 0.15) is 33.1 Å². The lowest BCUT2D eigenvalue weighted by atomic mass is 9.99. The number of likely N-dealkylation sites (tertiary alicyclic amines) is 1. The van der Waals surface area contributed by atoms with Gasteiger partial charge < -0.3 is 0 Å². The molecule has 11 heavy (non-hydrogen) atoms. The van der Waals surface area contributed by atoms with Crippen molar-refractivity contribution in [1.82, 2.24) is 4.90 Å². The lowest BCUT2D eigenvalue weighted by molar-refractivity contribution is -0.126. The van der Waals surface area contributed by atoms with Crippen molar-refractivity contribution in [2.45, 2.75) is 39.2 Å². The fourth-order valence-electron chi connectivity index (χ4n) is 1.85. The van der Waals surface area contributed by atoms with Crippen molar-refractivity contribution in [1.29, 1.82) is 0 Å². The molecular weight excluding hydrogens is 138 g/mol. The van der Waals surface area contributed by atoms with E-state index in [1.54, 1.807) is 0 Å². The third kappa shape index (κ3) is 1.80. The highest BCUT2D eigenvalue weighted by atomic mass is 16.1. The van der Waals surface area contributed by atoms with Gasteiger partial charge in [-0.2, -0.15) is 0 Å². The van der Waals surface area contributed by atoms with Crippen LogP contribution in [0.25, 0.3) is 0 Å². The molecule has 1 saturated heterocycles. The second kappa shape index (κ2) is 3.86. The van der Waals surface area contributed by atoms with Gasteiger partial charge in [-0.05, 0) is 25.9 Å². The van der Waals surface area contributed by atoms with Gasteiger partial charge in [-0.3, -0.25) is 9.69 Å².